The first-order valence-corrected chi connectivity index (χ1v) is 5.87. The third-order valence-corrected chi connectivity index (χ3v) is 4.14. The molecule has 0 aromatic rings. The second kappa shape index (κ2) is 3.47. The van der Waals surface area contributed by atoms with Gasteiger partial charge in [0.1, 0.15) is 0 Å². The first-order valence-electron chi connectivity index (χ1n) is 4.65. The fourth-order valence-corrected chi connectivity index (χ4v) is 2.14. The molecule has 0 saturated heterocycles. The van der Waals surface area contributed by atoms with Crippen molar-refractivity contribution in [2.75, 3.05) is 6.26 Å². The molecule has 0 heterocycles. The van der Waals surface area contributed by atoms with Crippen molar-refractivity contribution in [1.29, 1.82) is 5.26 Å². The Labute approximate surface area is 90.0 Å². The van der Waals surface area contributed by atoms with Gasteiger partial charge in [-0.1, -0.05) is 39.5 Å². The second-order valence-electron chi connectivity index (χ2n) is 4.72. The highest BCUT2D eigenvalue weighted by Gasteiger charge is 2.65. The second-order valence-corrected chi connectivity index (χ2v) is 5.52. The molecule has 1 fully saturated rings. The summed E-state index contributed by atoms with van der Waals surface area (Å²) in [6.07, 6.45) is 3.83. The Morgan fingerprint density at radius 2 is 1.86 bits per heavy atom. The summed E-state index contributed by atoms with van der Waals surface area (Å²) in [7, 11) is 0. The molecule has 1 N–H and O–H groups in total. The van der Waals surface area contributed by atoms with Crippen molar-refractivity contribution in [3.8, 4) is 6.19 Å². The van der Waals surface area contributed by atoms with Crippen LogP contribution in [0.1, 0.15) is 27.7 Å². The largest absolute Gasteiger partial charge is 0.272 e. The van der Waals surface area contributed by atoms with Crippen molar-refractivity contribution < 1.29 is 0 Å². The zero-order valence-electron chi connectivity index (χ0n) is 9.38. The summed E-state index contributed by atoms with van der Waals surface area (Å²) in [5.41, 5.74) is 0.482. The molecule has 0 aromatic heterocycles. The van der Waals surface area contributed by atoms with Crippen LogP contribution in [0.5, 0.6) is 0 Å². The SMILES string of the molecule is CSC(=NC1C(C)(C)C1(C)C)NC#N. The lowest BCUT2D eigenvalue weighted by Crippen LogP contribution is -2.15. The molecule has 1 aliphatic carbocycles. The van der Waals surface area contributed by atoms with E-state index in [2.05, 4.69) is 38.0 Å². The van der Waals surface area contributed by atoms with E-state index in [-0.39, 0.29) is 10.8 Å². The van der Waals surface area contributed by atoms with E-state index < -0.39 is 0 Å². The van der Waals surface area contributed by atoms with Crippen LogP contribution in [0, 0.1) is 22.3 Å². The fourth-order valence-electron chi connectivity index (χ4n) is 1.79. The highest BCUT2D eigenvalue weighted by Crippen LogP contribution is 2.64. The minimum Gasteiger partial charge on any atom is -0.272 e. The van der Waals surface area contributed by atoms with Gasteiger partial charge in [-0.15, -0.1) is 0 Å². The van der Waals surface area contributed by atoms with E-state index in [1.807, 2.05) is 12.4 Å². The first-order chi connectivity index (χ1) is 6.37. The standard InChI is InChI=1S/C10H17N3S/c1-9(2)7(10(9,3)4)13-8(14-5)12-6-11/h7H,1-5H3,(H,12,13). The number of rotatable bonds is 1. The summed E-state index contributed by atoms with van der Waals surface area (Å²) >= 11 is 1.48. The van der Waals surface area contributed by atoms with Gasteiger partial charge in [0.25, 0.3) is 0 Å². The van der Waals surface area contributed by atoms with Gasteiger partial charge in [-0.05, 0) is 17.1 Å². The van der Waals surface area contributed by atoms with E-state index in [1.165, 1.54) is 11.8 Å². The van der Waals surface area contributed by atoms with Gasteiger partial charge >= 0.3 is 0 Å². The maximum Gasteiger partial charge on any atom is 0.183 e. The van der Waals surface area contributed by atoms with E-state index in [0.717, 1.165) is 5.17 Å². The Hall–Kier alpha value is -0.690. The van der Waals surface area contributed by atoms with Crippen LogP contribution in [0.3, 0.4) is 0 Å². The maximum absolute atomic E-state index is 8.51. The van der Waals surface area contributed by atoms with Gasteiger partial charge in [0.05, 0.1) is 6.04 Å². The van der Waals surface area contributed by atoms with Crippen molar-refractivity contribution in [2.45, 2.75) is 33.7 Å². The highest BCUT2D eigenvalue weighted by atomic mass is 32.2. The number of thioether (sulfide) groups is 1. The predicted octanol–water partition coefficient (Wildman–Crippen LogP) is 2.21. The summed E-state index contributed by atoms with van der Waals surface area (Å²) in [5, 5.41) is 11.8. The number of hydrogen-bond donors (Lipinski definition) is 1. The molecule has 78 valence electrons. The third-order valence-electron chi connectivity index (χ3n) is 3.55. The fraction of sp³-hybridized carbons (Fsp3) is 0.800. The summed E-state index contributed by atoms with van der Waals surface area (Å²) in [6.45, 7) is 8.86. The Morgan fingerprint density at radius 3 is 2.14 bits per heavy atom. The van der Waals surface area contributed by atoms with Crippen molar-refractivity contribution in [2.24, 2.45) is 15.8 Å². The van der Waals surface area contributed by atoms with Gasteiger partial charge in [-0.25, -0.2) is 0 Å². The molecule has 0 unspecified atom stereocenters. The smallest absolute Gasteiger partial charge is 0.183 e. The number of nitrogens with one attached hydrogen (secondary N) is 1. The molecule has 0 aliphatic heterocycles. The van der Waals surface area contributed by atoms with E-state index in [1.54, 1.807) is 0 Å². The van der Waals surface area contributed by atoms with Crippen LogP contribution in [-0.4, -0.2) is 17.5 Å². The normalized spacial score (nSPS) is 24.1. The first kappa shape index (κ1) is 11.4. The number of aliphatic imine (C=N–C) groups is 1. The Morgan fingerprint density at radius 1 is 1.36 bits per heavy atom. The molecule has 3 nitrogen and oxygen atoms in total. The highest BCUT2D eigenvalue weighted by molar-refractivity contribution is 8.13. The Bertz CT molecular complexity index is 285. The van der Waals surface area contributed by atoms with Gasteiger partial charge in [-0.3, -0.25) is 10.3 Å². The summed E-state index contributed by atoms with van der Waals surface area (Å²) < 4.78 is 0. The Kier molecular flexibility index (Phi) is 2.82. The van der Waals surface area contributed by atoms with E-state index in [4.69, 9.17) is 5.26 Å². The van der Waals surface area contributed by atoms with Gasteiger partial charge in [-0.2, -0.15) is 5.26 Å². The van der Waals surface area contributed by atoms with E-state index in [0.29, 0.717) is 6.04 Å². The zero-order chi connectivity index (χ0) is 11.0. The number of nitriles is 1. The van der Waals surface area contributed by atoms with Crippen LogP contribution in [0.25, 0.3) is 0 Å². The molecule has 1 rings (SSSR count). The van der Waals surface area contributed by atoms with Gasteiger partial charge in [0, 0.05) is 0 Å². The average molecular weight is 211 g/mol. The molecule has 0 amide bonds. The van der Waals surface area contributed by atoms with Crippen molar-refractivity contribution >= 4 is 16.9 Å². The van der Waals surface area contributed by atoms with E-state index in [9.17, 15) is 0 Å². The lowest BCUT2D eigenvalue weighted by molar-refractivity contribution is 0.457. The number of nitrogens with zero attached hydrogens (tertiary/aromatic N) is 2. The molecule has 0 atom stereocenters. The molecular formula is C10H17N3S. The van der Waals surface area contributed by atoms with Gasteiger partial charge in [0.2, 0.25) is 0 Å². The maximum atomic E-state index is 8.51. The van der Waals surface area contributed by atoms with Crippen LogP contribution in [0.15, 0.2) is 4.99 Å². The molecular weight excluding hydrogens is 194 g/mol. The molecule has 0 bridgehead atoms. The van der Waals surface area contributed by atoms with Crippen LogP contribution < -0.4 is 5.32 Å². The molecule has 14 heavy (non-hydrogen) atoms. The van der Waals surface area contributed by atoms with Gasteiger partial charge in [0.15, 0.2) is 11.4 Å². The summed E-state index contributed by atoms with van der Waals surface area (Å²) in [6, 6.07) is 0.318. The number of amidine groups is 1. The molecule has 0 spiro atoms. The zero-order valence-corrected chi connectivity index (χ0v) is 10.2. The monoisotopic (exact) mass is 211 g/mol. The Balaban J connectivity index is 2.76. The van der Waals surface area contributed by atoms with Crippen LogP contribution in [0.2, 0.25) is 0 Å². The summed E-state index contributed by atoms with van der Waals surface area (Å²) in [5.74, 6) is 0. The van der Waals surface area contributed by atoms with E-state index >= 15 is 0 Å². The molecule has 0 radical (unpaired) electrons. The molecule has 1 saturated carbocycles. The predicted molar refractivity (Wildman–Crippen MR) is 61.0 cm³/mol. The van der Waals surface area contributed by atoms with Gasteiger partial charge < -0.3 is 0 Å². The molecule has 0 aromatic carbocycles. The van der Waals surface area contributed by atoms with Crippen LogP contribution in [-0.2, 0) is 0 Å². The third kappa shape index (κ3) is 1.61. The van der Waals surface area contributed by atoms with Crippen molar-refractivity contribution in [3.63, 3.8) is 0 Å². The molecule has 1 aliphatic rings. The minimum absolute atomic E-state index is 0.241. The topological polar surface area (TPSA) is 48.2 Å². The van der Waals surface area contributed by atoms with Crippen molar-refractivity contribution in [1.82, 2.24) is 5.32 Å². The number of hydrogen-bond acceptors (Lipinski definition) is 3. The quantitative estimate of drug-likeness (QED) is 0.313. The molecule has 4 heteroatoms. The van der Waals surface area contributed by atoms with Crippen LogP contribution in [0.4, 0.5) is 0 Å². The minimum atomic E-state index is 0.241. The van der Waals surface area contributed by atoms with Crippen molar-refractivity contribution in [3.05, 3.63) is 0 Å². The van der Waals surface area contributed by atoms with Crippen LogP contribution >= 0.6 is 11.8 Å². The lowest BCUT2D eigenvalue weighted by atomic mass is 10.0. The summed E-state index contributed by atoms with van der Waals surface area (Å²) in [4.78, 5) is 4.55. The average Bonchev–Trinajstić information content (AvgIpc) is 2.46. The lowest BCUT2D eigenvalue weighted by Gasteiger charge is -2.02.